The van der Waals surface area contributed by atoms with Crippen molar-refractivity contribution in [2.75, 3.05) is 45.3 Å². The lowest BCUT2D eigenvalue weighted by atomic mass is 9.94. The van der Waals surface area contributed by atoms with Crippen LogP contribution < -0.4 is 26.4 Å². The van der Waals surface area contributed by atoms with Crippen molar-refractivity contribution in [1.29, 1.82) is 0 Å². The Morgan fingerprint density at radius 3 is 1.96 bits per heavy atom. The van der Waals surface area contributed by atoms with Crippen molar-refractivity contribution in [3.05, 3.63) is 24.0 Å². The second kappa shape index (κ2) is 43.8. The van der Waals surface area contributed by atoms with Gasteiger partial charge in [-0.1, -0.05) is 82.8 Å². The van der Waals surface area contributed by atoms with E-state index in [-0.39, 0.29) is 120 Å². The number of aryl methyl sites for hydroxylation is 1. The molecule has 0 radical (unpaired) electrons. The molecule has 0 aliphatic heterocycles. The molecule has 26 nitrogen and oxygen atoms in total. The van der Waals surface area contributed by atoms with Crippen molar-refractivity contribution in [3.63, 3.8) is 0 Å². The van der Waals surface area contributed by atoms with Gasteiger partial charge in [0, 0.05) is 82.8 Å². The molecular formula is C54H91N11O15S. The van der Waals surface area contributed by atoms with Crippen LogP contribution in [0.25, 0.3) is 0 Å². The van der Waals surface area contributed by atoms with E-state index in [0.29, 0.717) is 32.1 Å². The van der Waals surface area contributed by atoms with Gasteiger partial charge in [0.15, 0.2) is 11.6 Å². The Morgan fingerprint density at radius 2 is 1.33 bits per heavy atom. The van der Waals surface area contributed by atoms with E-state index in [1.165, 1.54) is 51.3 Å². The predicted octanol–water partition coefficient (Wildman–Crippen LogP) is 3.69. The number of hydrogen-bond acceptors (Lipinski definition) is 19. The predicted molar refractivity (Wildman–Crippen MR) is 298 cm³/mol. The van der Waals surface area contributed by atoms with Crippen LogP contribution in [0.1, 0.15) is 192 Å². The summed E-state index contributed by atoms with van der Waals surface area (Å²) in [4.78, 5) is 118. The molecule has 3 amide bonds. The van der Waals surface area contributed by atoms with Gasteiger partial charge in [0.2, 0.25) is 27.7 Å². The molecule has 10 N–H and O–H groups in total. The van der Waals surface area contributed by atoms with Gasteiger partial charge < -0.3 is 46.4 Å². The van der Waals surface area contributed by atoms with E-state index < -0.39 is 82.5 Å². The van der Waals surface area contributed by atoms with Gasteiger partial charge in [0.25, 0.3) is 0 Å². The van der Waals surface area contributed by atoms with Crippen molar-refractivity contribution in [2.24, 2.45) is 11.7 Å². The Kier molecular flexibility index (Phi) is 38.5. The first-order valence-electron chi connectivity index (χ1n) is 28.9. The number of hydrogen-bond donors (Lipinski definition) is 9. The topological polar surface area (TPSA) is 404 Å². The fourth-order valence-electron chi connectivity index (χ4n) is 8.73. The molecule has 0 spiro atoms. The Labute approximate surface area is 476 Å². The van der Waals surface area contributed by atoms with E-state index in [4.69, 9.17) is 15.2 Å². The second-order valence-electron chi connectivity index (χ2n) is 20.4. The quantitative estimate of drug-likeness (QED) is 0.0426. The van der Waals surface area contributed by atoms with E-state index in [0.717, 1.165) is 50.0 Å². The van der Waals surface area contributed by atoms with Crippen molar-refractivity contribution in [1.82, 2.24) is 51.3 Å². The van der Waals surface area contributed by atoms with Crippen LogP contribution in [0.15, 0.2) is 12.5 Å². The molecule has 0 aromatic carbocycles. The highest BCUT2D eigenvalue weighted by atomic mass is 32.2. The lowest BCUT2D eigenvalue weighted by molar-refractivity contribution is -0.145. The SMILES string of the molecule is CCC(=O)[C@H](CCCCNC(=O)CC[C@H](CC(=O)CC[C@H](NC(=O)COCCOCCCC(=O)CCCS(=O)(=O)NC(=O)CCCCCCCCCCCCCCCc1nn[nH]n1)C(=O)O)C(=O)O)NCC(=O)[C@@H](N)Cc1cnc[nH]1. The van der Waals surface area contributed by atoms with Crippen molar-refractivity contribution < 1.29 is 71.3 Å². The Hall–Kier alpha value is -5.90. The average molecular weight is 1170 g/mol. The molecule has 458 valence electrons. The number of amides is 3. The largest absolute Gasteiger partial charge is 0.481 e. The van der Waals surface area contributed by atoms with Crippen LogP contribution in [0, 0.1) is 5.92 Å². The summed E-state index contributed by atoms with van der Waals surface area (Å²) in [5.41, 5.74) is 6.72. The number of nitrogens with two attached hydrogens (primary N) is 1. The Balaban J connectivity index is 1.47. The molecule has 0 aliphatic rings. The summed E-state index contributed by atoms with van der Waals surface area (Å²) in [6, 6.07) is -2.80. The highest BCUT2D eigenvalue weighted by Crippen LogP contribution is 2.17. The zero-order valence-electron chi connectivity index (χ0n) is 47.4. The van der Waals surface area contributed by atoms with Gasteiger partial charge in [-0.25, -0.2) is 18.2 Å². The van der Waals surface area contributed by atoms with E-state index in [1.54, 1.807) is 13.1 Å². The van der Waals surface area contributed by atoms with Crippen LogP contribution in [-0.2, 0) is 75.5 Å². The number of tetrazole rings is 1. The number of ether oxygens (including phenoxy) is 2. The molecule has 2 aromatic heterocycles. The van der Waals surface area contributed by atoms with Crippen LogP contribution in [-0.4, -0.2) is 165 Å². The number of aromatic amines is 2. The summed E-state index contributed by atoms with van der Waals surface area (Å²) in [7, 11) is -3.85. The zero-order chi connectivity index (χ0) is 59.5. The Morgan fingerprint density at radius 1 is 0.667 bits per heavy atom. The van der Waals surface area contributed by atoms with Gasteiger partial charge in [-0.2, -0.15) is 5.21 Å². The van der Waals surface area contributed by atoms with Gasteiger partial charge in [-0.15, -0.1) is 10.2 Å². The first-order valence-corrected chi connectivity index (χ1v) is 30.5. The summed E-state index contributed by atoms with van der Waals surface area (Å²) in [6.07, 6.45) is 19.6. The molecule has 81 heavy (non-hydrogen) atoms. The summed E-state index contributed by atoms with van der Waals surface area (Å²) in [5.74, 6) is -6.26. The van der Waals surface area contributed by atoms with Crippen LogP contribution in [0.4, 0.5) is 0 Å². The number of H-pyrrole nitrogens is 2. The molecule has 2 heterocycles. The molecule has 0 aliphatic carbocycles. The smallest absolute Gasteiger partial charge is 0.326 e. The van der Waals surface area contributed by atoms with Crippen LogP contribution in [0.3, 0.4) is 0 Å². The lowest BCUT2D eigenvalue weighted by Gasteiger charge is -2.18. The maximum absolute atomic E-state index is 12.7. The molecule has 0 saturated heterocycles. The Bertz CT molecular complexity index is 2250. The average Bonchev–Trinajstić information content (AvgIpc) is 4.16. The highest BCUT2D eigenvalue weighted by Gasteiger charge is 2.26. The third-order valence-corrected chi connectivity index (χ3v) is 14.8. The number of carbonyl (C=O) groups excluding carboxylic acids is 7. The van der Waals surface area contributed by atoms with Gasteiger partial charge in [0.05, 0.1) is 49.8 Å². The molecule has 2 rings (SSSR count). The zero-order valence-corrected chi connectivity index (χ0v) is 48.2. The molecule has 2 aromatic rings. The lowest BCUT2D eigenvalue weighted by Crippen LogP contribution is -2.45. The minimum atomic E-state index is -3.85. The number of sulfonamides is 1. The number of nitrogens with zero attached hydrogens (tertiary/aromatic N) is 4. The number of Topliss-reactive ketones (excluding diaryl/α,β-unsaturated/α-hetero) is 4. The maximum atomic E-state index is 12.7. The number of imidazole rings is 1. The number of carboxylic acid groups (broad SMARTS) is 2. The number of aromatic nitrogens is 6. The number of unbranched alkanes of at least 4 members (excludes halogenated alkanes) is 13. The standard InChI is InChI=1S/C54H91N11O15S/c1-2-47(68)45(58-37-48(69)44(55)35-41-36-56-39-59-41)22-16-17-29-57-50(70)28-25-40(53(73)74)34-43(67)26-27-46(54(75)76)60-52(72)38-80-32-31-79-30-18-20-42(66)21-19-33-81(77,78)63-51(71)24-15-13-11-9-7-5-3-4-6-8-10-12-14-23-49-61-64-65-62-49/h36,39-40,44-46,58H,2-35,37-38,55H2,1H3,(H,56,59)(H,57,70)(H,60,72)(H,63,71)(H,73,74)(H,75,76)(H,61,62,64,65)/t40-,44+,45+,46+/m1/s1. The number of carboxylic acids is 2. The normalized spacial score (nSPS) is 13.0. The summed E-state index contributed by atoms with van der Waals surface area (Å²) in [5, 5.41) is 41.3. The second-order valence-corrected chi connectivity index (χ2v) is 22.3. The molecular weight excluding hydrogens is 1070 g/mol. The number of nitrogens with one attached hydrogen (secondary N) is 6. The van der Waals surface area contributed by atoms with Crippen LogP contribution in [0.2, 0.25) is 0 Å². The minimum Gasteiger partial charge on any atom is -0.481 e. The summed E-state index contributed by atoms with van der Waals surface area (Å²) < 4.78 is 37.5. The van der Waals surface area contributed by atoms with E-state index in [9.17, 15) is 61.8 Å². The fourth-order valence-corrected chi connectivity index (χ4v) is 9.80. The van der Waals surface area contributed by atoms with Gasteiger partial charge in [-0.3, -0.25) is 43.1 Å². The first-order chi connectivity index (χ1) is 38.9. The van der Waals surface area contributed by atoms with Crippen molar-refractivity contribution in [2.45, 2.75) is 211 Å². The molecule has 0 saturated carbocycles. The number of rotatable bonds is 54. The van der Waals surface area contributed by atoms with E-state index in [1.807, 2.05) is 0 Å². The minimum absolute atomic E-state index is 0.0273. The van der Waals surface area contributed by atoms with Crippen molar-refractivity contribution >= 4 is 62.8 Å². The molecule has 27 heteroatoms. The third-order valence-electron chi connectivity index (χ3n) is 13.5. The van der Waals surface area contributed by atoms with Gasteiger partial charge in [-0.05, 0) is 57.8 Å². The first kappa shape index (κ1) is 71.2. The fraction of sp³-hybridized carbons (Fsp3) is 0.759. The molecule has 4 atom stereocenters. The number of aliphatic carboxylic acids is 2. The number of carbonyl (C=O) groups is 9. The van der Waals surface area contributed by atoms with Gasteiger partial charge in [0.1, 0.15) is 30.0 Å². The van der Waals surface area contributed by atoms with Crippen LogP contribution >= 0.6 is 0 Å². The maximum Gasteiger partial charge on any atom is 0.326 e. The monoisotopic (exact) mass is 1170 g/mol. The highest BCUT2D eigenvalue weighted by molar-refractivity contribution is 7.90. The molecule has 0 unspecified atom stereocenters. The molecule has 0 fully saturated rings. The third kappa shape index (κ3) is 37.0. The van der Waals surface area contributed by atoms with E-state index in [2.05, 4.69) is 51.3 Å². The van der Waals surface area contributed by atoms with Crippen LogP contribution in [0.5, 0.6) is 0 Å². The summed E-state index contributed by atoms with van der Waals surface area (Å²) >= 11 is 0. The van der Waals surface area contributed by atoms with E-state index >= 15 is 0 Å². The molecule has 0 bridgehead atoms. The van der Waals surface area contributed by atoms with Gasteiger partial charge >= 0.3 is 11.9 Å². The van der Waals surface area contributed by atoms with Crippen molar-refractivity contribution in [3.8, 4) is 0 Å². The number of ketones is 4. The summed E-state index contributed by atoms with van der Waals surface area (Å²) in [6.45, 7) is 1.61.